The Hall–Kier alpha value is -1.19. The Morgan fingerprint density at radius 3 is 2.44 bits per heavy atom. The van der Waals surface area contributed by atoms with Crippen LogP contribution >= 0.6 is 0 Å². The van der Waals surface area contributed by atoms with Gasteiger partial charge in [0.1, 0.15) is 5.78 Å². The van der Waals surface area contributed by atoms with Crippen molar-refractivity contribution in [1.82, 2.24) is 0 Å². The van der Waals surface area contributed by atoms with E-state index in [4.69, 9.17) is 9.47 Å². The van der Waals surface area contributed by atoms with E-state index in [9.17, 15) is 4.79 Å². The molecule has 3 nitrogen and oxygen atoms in total. The van der Waals surface area contributed by atoms with Crippen LogP contribution in [0.25, 0.3) is 0 Å². The normalized spacial score (nSPS) is 27.3. The summed E-state index contributed by atoms with van der Waals surface area (Å²) in [7, 11) is 0. The van der Waals surface area contributed by atoms with E-state index in [-0.39, 0.29) is 11.7 Å². The molecule has 0 N–H and O–H groups in total. The van der Waals surface area contributed by atoms with Crippen LogP contribution in [-0.4, -0.2) is 19.0 Å². The highest BCUT2D eigenvalue weighted by Crippen LogP contribution is 2.43. The van der Waals surface area contributed by atoms with E-state index in [1.54, 1.807) is 0 Å². The van der Waals surface area contributed by atoms with Crippen LogP contribution in [0.15, 0.2) is 30.3 Å². The van der Waals surface area contributed by atoms with Crippen LogP contribution in [0.1, 0.15) is 31.2 Å². The summed E-state index contributed by atoms with van der Waals surface area (Å²) < 4.78 is 11.8. The molecule has 2 aliphatic rings. The van der Waals surface area contributed by atoms with Gasteiger partial charge in [0.2, 0.25) is 5.79 Å². The molecule has 1 saturated heterocycles. The zero-order valence-corrected chi connectivity index (χ0v) is 10.4. The van der Waals surface area contributed by atoms with Gasteiger partial charge in [0, 0.05) is 12.0 Å². The van der Waals surface area contributed by atoms with Crippen LogP contribution in [0.2, 0.25) is 0 Å². The number of carbonyl (C=O) groups excluding carboxylic acids is 1. The van der Waals surface area contributed by atoms with E-state index < -0.39 is 5.79 Å². The Kier molecular flexibility index (Phi) is 3.18. The fourth-order valence-corrected chi connectivity index (χ4v) is 3.05. The third-order valence-corrected chi connectivity index (χ3v) is 3.91. The minimum Gasteiger partial charge on any atom is -0.343 e. The number of ether oxygens (including phenoxy) is 2. The molecule has 2 fully saturated rings. The van der Waals surface area contributed by atoms with Crippen LogP contribution in [0.5, 0.6) is 0 Å². The quantitative estimate of drug-likeness (QED) is 0.804. The molecule has 1 saturated carbocycles. The first kappa shape index (κ1) is 11.9. The van der Waals surface area contributed by atoms with Crippen LogP contribution in [-0.2, 0) is 20.1 Å². The number of ketones is 1. The second-order valence-corrected chi connectivity index (χ2v) is 5.00. The van der Waals surface area contributed by atoms with E-state index in [1.807, 2.05) is 30.3 Å². The van der Waals surface area contributed by atoms with Crippen LogP contribution < -0.4 is 0 Å². The fourth-order valence-electron chi connectivity index (χ4n) is 3.05. The number of Topliss-reactive ketones (excluding diaryl/α,β-unsaturated/α-hetero) is 1. The second kappa shape index (κ2) is 4.82. The minimum atomic E-state index is -0.821. The molecule has 1 aromatic carbocycles. The SMILES string of the molecule is O=C1CCCCC1C1(c2ccccc2)OCCO1. The van der Waals surface area contributed by atoms with E-state index in [0.29, 0.717) is 19.6 Å². The van der Waals surface area contributed by atoms with Gasteiger partial charge in [-0.3, -0.25) is 4.79 Å². The third-order valence-electron chi connectivity index (χ3n) is 3.91. The summed E-state index contributed by atoms with van der Waals surface area (Å²) in [4.78, 5) is 12.2. The average Bonchev–Trinajstić information content (AvgIpc) is 2.91. The number of benzene rings is 1. The summed E-state index contributed by atoms with van der Waals surface area (Å²) in [6.07, 6.45) is 3.61. The van der Waals surface area contributed by atoms with Crippen LogP contribution in [0.4, 0.5) is 0 Å². The van der Waals surface area contributed by atoms with Gasteiger partial charge in [0.05, 0.1) is 19.1 Å². The molecular formula is C15H18O3. The molecule has 3 heteroatoms. The van der Waals surface area contributed by atoms with E-state index in [1.165, 1.54) is 0 Å². The van der Waals surface area contributed by atoms with E-state index >= 15 is 0 Å². The lowest BCUT2D eigenvalue weighted by atomic mass is 9.79. The lowest BCUT2D eigenvalue weighted by Gasteiger charge is -2.37. The highest BCUT2D eigenvalue weighted by molar-refractivity contribution is 5.82. The maximum Gasteiger partial charge on any atom is 0.204 e. The van der Waals surface area contributed by atoms with Gasteiger partial charge in [-0.2, -0.15) is 0 Å². The molecule has 1 heterocycles. The van der Waals surface area contributed by atoms with Gasteiger partial charge in [0.25, 0.3) is 0 Å². The van der Waals surface area contributed by atoms with Crippen molar-refractivity contribution in [2.45, 2.75) is 31.5 Å². The van der Waals surface area contributed by atoms with Crippen molar-refractivity contribution >= 4 is 5.78 Å². The van der Waals surface area contributed by atoms with Crippen molar-refractivity contribution in [3.8, 4) is 0 Å². The molecule has 1 atom stereocenters. The number of rotatable bonds is 2. The molecule has 0 amide bonds. The molecule has 18 heavy (non-hydrogen) atoms. The predicted octanol–water partition coefficient (Wildman–Crippen LogP) is 2.65. The Labute approximate surface area is 107 Å². The number of hydrogen-bond acceptors (Lipinski definition) is 3. The number of hydrogen-bond donors (Lipinski definition) is 0. The molecule has 0 aromatic heterocycles. The number of carbonyl (C=O) groups is 1. The summed E-state index contributed by atoms with van der Waals surface area (Å²) >= 11 is 0. The largest absolute Gasteiger partial charge is 0.343 e. The summed E-state index contributed by atoms with van der Waals surface area (Å²) in [6, 6.07) is 9.89. The van der Waals surface area contributed by atoms with Gasteiger partial charge in [-0.05, 0) is 12.8 Å². The third kappa shape index (κ3) is 1.88. The summed E-state index contributed by atoms with van der Waals surface area (Å²) in [5, 5.41) is 0. The molecule has 96 valence electrons. The lowest BCUT2D eigenvalue weighted by Crippen LogP contribution is -2.42. The maximum absolute atomic E-state index is 12.2. The zero-order valence-electron chi connectivity index (χ0n) is 10.4. The molecule has 0 radical (unpaired) electrons. The zero-order chi connectivity index (χ0) is 12.4. The Morgan fingerprint density at radius 1 is 1.06 bits per heavy atom. The van der Waals surface area contributed by atoms with Crippen molar-refractivity contribution in [1.29, 1.82) is 0 Å². The highest BCUT2D eigenvalue weighted by Gasteiger charge is 2.49. The minimum absolute atomic E-state index is 0.142. The molecular weight excluding hydrogens is 228 g/mol. The monoisotopic (exact) mass is 246 g/mol. The van der Waals surface area contributed by atoms with E-state index in [2.05, 4.69) is 0 Å². The molecule has 0 spiro atoms. The first-order valence-corrected chi connectivity index (χ1v) is 6.69. The van der Waals surface area contributed by atoms with Crippen molar-refractivity contribution in [2.75, 3.05) is 13.2 Å². The Morgan fingerprint density at radius 2 is 1.78 bits per heavy atom. The van der Waals surface area contributed by atoms with Crippen LogP contribution in [0.3, 0.4) is 0 Å². The van der Waals surface area contributed by atoms with Crippen LogP contribution in [0, 0.1) is 5.92 Å². The first-order valence-electron chi connectivity index (χ1n) is 6.69. The highest BCUT2D eigenvalue weighted by atomic mass is 16.7. The molecule has 1 aromatic rings. The molecule has 1 aliphatic carbocycles. The standard InChI is InChI=1S/C15H18O3/c16-14-9-5-4-8-13(14)15(17-10-11-18-15)12-6-2-1-3-7-12/h1-3,6-7,13H,4-5,8-11H2. The van der Waals surface area contributed by atoms with Gasteiger partial charge in [-0.15, -0.1) is 0 Å². The van der Waals surface area contributed by atoms with Crippen molar-refractivity contribution in [2.24, 2.45) is 5.92 Å². The smallest absolute Gasteiger partial charge is 0.204 e. The fraction of sp³-hybridized carbons (Fsp3) is 0.533. The summed E-state index contributed by atoms with van der Waals surface area (Å²) in [6.45, 7) is 1.14. The predicted molar refractivity (Wildman–Crippen MR) is 67.0 cm³/mol. The van der Waals surface area contributed by atoms with Gasteiger partial charge < -0.3 is 9.47 Å². The molecule has 1 aliphatic heterocycles. The summed E-state index contributed by atoms with van der Waals surface area (Å²) in [5.74, 6) is -0.679. The second-order valence-electron chi connectivity index (χ2n) is 5.00. The molecule has 0 bridgehead atoms. The van der Waals surface area contributed by atoms with Crippen molar-refractivity contribution in [3.63, 3.8) is 0 Å². The first-order chi connectivity index (χ1) is 8.83. The average molecular weight is 246 g/mol. The maximum atomic E-state index is 12.2. The van der Waals surface area contributed by atoms with Crippen molar-refractivity contribution in [3.05, 3.63) is 35.9 Å². The van der Waals surface area contributed by atoms with Crippen molar-refractivity contribution < 1.29 is 14.3 Å². The Bertz CT molecular complexity index is 421. The molecule has 1 unspecified atom stereocenters. The topological polar surface area (TPSA) is 35.5 Å². The Balaban J connectivity index is 1.98. The lowest BCUT2D eigenvalue weighted by molar-refractivity contribution is -0.209. The molecule has 3 rings (SSSR count). The summed E-state index contributed by atoms with van der Waals surface area (Å²) in [5.41, 5.74) is 0.975. The van der Waals surface area contributed by atoms with Gasteiger partial charge in [-0.25, -0.2) is 0 Å². The van der Waals surface area contributed by atoms with Gasteiger partial charge in [-0.1, -0.05) is 36.8 Å². The van der Waals surface area contributed by atoms with Gasteiger partial charge in [0.15, 0.2) is 0 Å². The van der Waals surface area contributed by atoms with E-state index in [0.717, 1.165) is 24.8 Å². The van der Waals surface area contributed by atoms with Gasteiger partial charge >= 0.3 is 0 Å².